The molecule has 0 amide bonds. The normalized spacial score (nSPS) is 10.9. The van der Waals surface area contributed by atoms with Gasteiger partial charge in [-0.2, -0.15) is 5.10 Å². The highest BCUT2D eigenvalue weighted by molar-refractivity contribution is 5.95. The third-order valence-electron chi connectivity index (χ3n) is 4.89. The van der Waals surface area contributed by atoms with Gasteiger partial charge in [0.05, 0.1) is 12.8 Å². The van der Waals surface area contributed by atoms with E-state index in [-0.39, 0.29) is 0 Å². The Morgan fingerprint density at radius 1 is 1.10 bits per heavy atom. The van der Waals surface area contributed by atoms with Crippen molar-refractivity contribution in [2.24, 2.45) is 0 Å². The number of aromatic amines is 1. The summed E-state index contributed by atoms with van der Waals surface area (Å²) in [6.45, 7) is 4.10. The van der Waals surface area contributed by atoms with Gasteiger partial charge in [0.2, 0.25) is 0 Å². The summed E-state index contributed by atoms with van der Waals surface area (Å²) in [4.78, 5) is 10.8. The van der Waals surface area contributed by atoms with Gasteiger partial charge >= 0.3 is 0 Å². The monoisotopic (exact) mass is 386 g/mol. The van der Waals surface area contributed by atoms with Crippen LogP contribution >= 0.6 is 0 Å². The zero-order valence-corrected chi connectivity index (χ0v) is 16.6. The molecule has 0 aliphatic carbocycles. The van der Waals surface area contributed by atoms with Crippen molar-refractivity contribution in [1.29, 1.82) is 0 Å². The van der Waals surface area contributed by atoms with Crippen LogP contribution in [0.5, 0.6) is 5.75 Å². The number of nitrogens with two attached hydrogens (primary N) is 1. The zero-order valence-electron chi connectivity index (χ0n) is 16.6. The first-order chi connectivity index (χ1) is 14.0. The van der Waals surface area contributed by atoms with E-state index in [2.05, 4.69) is 26.7 Å². The molecule has 0 saturated heterocycles. The minimum absolute atomic E-state index is 0.444. The molecule has 0 radical (unpaired) electrons. The van der Waals surface area contributed by atoms with Gasteiger partial charge in [-0.25, -0.2) is 9.97 Å². The second-order valence-electron chi connectivity index (χ2n) is 6.89. The van der Waals surface area contributed by atoms with Gasteiger partial charge in [0.15, 0.2) is 5.65 Å². The van der Waals surface area contributed by atoms with E-state index in [1.54, 1.807) is 19.5 Å². The fraction of sp³-hybridized carbons (Fsp3) is 0.136. The van der Waals surface area contributed by atoms with Crippen molar-refractivity contribution in [3.63, 3.8) is 0 Å². The molecule has 0 aliphatic heterocycles. The Balaban J connectivity index is 1.85. The minimum atomic E-state index is 0.444. The first kappa shape index (κ1) is 18.5. The predicted molar refractivity (Wildman–Crippen MR) is 116 cm³/mol. The first-order valence-corrected chi connectivity index (χ1v) is 9.09. The number of ether oxygens (including phenoxy) is 1. The summed E-state index contributed by atoms with van der Waals surface area (Å²) in [5.74, 6) is 1.21. The molecule has 146 valence electrons. The van der Waals surface area contributed by atoms with Crippen molar-refractivity contribution in [1.82, 2.24) is 25.1 Å². The Kier molecular flexibility index (Phi) is 4.64. The molecule has 3 heterocycles. The number of nitrogens with zero attached hydrogens (tertiary/aromatic N) is 4. The van der Waals surface area contributed by atoms with Crippen LogP contribution in [0, 0.1) is 0 Å². The van der Waals surface area contributed by atoms with Crippen molar-refractivity contribution < 1.29 is 4.74 Å². The van der Waals surface area contributed by atoms with Crippen LogP contribution in [0.1, 0.15) is 5.56 Å². The van der Waals surface area contributed by atoms with Gasteiger partial charge in [-0.1, -0.05) is 18.7 Å². The minimum Gasteiger partial charge on any atom is -0.496 e. The molecule has 0 unspecified atom stereocenters. The highest BCUT2D eigenvalue weighted by Crippen LogP contribution is 2.35. The second-order valence-corrected chi connectivity index (χ2v) is 6.89. The van der Waals surface area contributed by atoms with Gasteiger partial charge in [-0.15, -0.1) is 0 Å². The summed E-state index contributed by atoms with van der Waals surface area (Å²) in [5, 5.41) is 8.33. The highest BCUT2D eigenvalue weighted by atomic mass is 16.5. The summed E-state index contributed by atoms with van der Waals surface area (Å²) >= 11 is 0. The quantitative estimate of drug-likeness (QED) is 0.542. The van der Waals surface area contributed by atoms with E-state index < -0.39 is 0 Å². The number of fused-ring (bicyclic) bond motifs is 1. The third kappa shape index (κ3) is 3.27. The average molecular weight is 386 g/mol. The van der Waals surface area contributed by atoms with Crippen molar-refractivity contribution in [2.75, 3.05) is 26.9 Å². The van der Waals surface area contributed by atoms with Crippen molar-refractivity contribution in [3.8, 4) is 28.1 Å². The number of anilines is 1. The van der Waals surface area contributed by atoms with Gasteiger partial charge in [0.1, 0.15) is 11.6 Å². The second kappa shape index (κ2) is 7.27. The lowest BCUT2D eigenvalue weighted by molar-refractivity contribution is 0.416. The van der Waals surface area contributed by atoms with E-state index in [1.807, 2.05) is 55.4 Å². The molecule has 0 aliphatic rings. The first-order valence-electron chi connectivity index (χ1n) is 9.09. The van der Waals surface area contributed by atoms with E-state index in [0.717, 1.165) is 44.8 Å². The number of hydrogen-bond donors (Lipinski definition) is 2. The molecular weight excluding hydrogens is 364 g/mol. The van der Waals surface area contributed by atoms with Gasteiger partial charge in [-0.3, -0.25) is 5.10 Å². The van der Waals surface area contributed by atoms with Crippen LogP contribution in [0.2, 0.25) is 0 Å². The number of nitrogens with one attached hydrogen (secondary N) is 1. The molecule has 0 saturated carbocycles. The zero-order chi connectivity index (χ0) is 20.5. The van der Waals surface area contributed by atoms with Crippen LogP contribution < -0.4 is 10.5 Å². The Morgan fingerprint density at radius 2 is 1.83 bits per heavy atom. The van der Waals surface area contributed by atoms with Crippen LogP contribution in [0.3, 0.4) is 0 Å². The van der Waals surface area contributed by atoms with Crippen molar-refractivity contribution >= 4 is 22.5 Å². The van der Waals surface area contributed by atoms with Crippen molar-refractivity contribution in [2.45, 2.75) is 0 Å². The Labute approximate surface area is 168 Å². The summed E-state index contributed by atoms with van der Waals surface area (Å²) in [7, 11) is 5.50. The SMILES string of the molecule is C=C(c1cc(-c2cnc3n[nH]c(-c4ccccc4OC)c3c2)cnc1N)N(C)C. The summed E-state index contributed by atoms with van der Waals surface area (Å²) in [5.41, 5.74) is 11.9. The largest absolute Gasteiger partial charge is 0.496 e. The van der Waals surface area contributed by atoms with E-state index in [9.17, 15) is 0 Å². The molecule has 7 heteroatoms. The molecule has 1 aromatic carbocycles. The lowest BCUT2D eigenvalue weighted by Gasteiger charge is -2.17. The molecule has 4 aromatic rings. The van der Waals surface area contributed by atoms with Gasteiger partial charge in [0.25, 0.3) is 0 Å². The van der Waals surface area contributed by atoms with Crippen LogP contribution in [-0.4, -0.2) is 46.3 Å². The third-order valence-corrected chi connectivity index (χ3v) is 4.89. The smallest absolute Gasteiger partial charge is 0.181 e. The molecule has 0 spiro atoms. The lowest BCUT2D eigenvalue weighted by atomic mass is 10.0. The molecule has 3 aromatic heterocycles. The van der Waals surface area contributed by atoms with E-state index >= 15 is 0 Å². The number of rotatable bonds is 5. The Bertz CT molecular complexity index is 1210. The number of aromatic nitrogens is 4. The Morgan fingerprint density at radius 3 is 2.59 bits per heavy atom. The number of pyridine rings is 2. The maximum absolute atomic E-state index is 6.07. The standard InChI is InChI=1S/C22H22N6O/c1-13(28(2)3)17-9-14(11-24-21(17)23)15-10-18-20(26-27-22(18)25-12-15)16-7-5-6-8-19(16)29-4/h5-12H,1H2,2-4H3,(H2,23,24)(H,25,26,27). The highest BCUT2D eigenvalue weighted by Gasteiger charge is 2.15. The molecule has 29 heavy (non-hydrogen) atoms. The number of nitrogen functional groups attached to an aromatic ring is 1. The number of para-hydroxylation sites is 1. The summed E-state index contributed by atoms with van der Waals surface area (Å²) in [6.07, 6.45) is 3.53. The fourth-order valence-electron chi connectivity index (χ4n) is 3.22. The number of methoxy groups -OCH3 is 1. The number of hydrogen-bond acceptors (Lipinski definition) is 6. The molecular formula is C22H22N6O. The average Bonchev–Trinajstić information content (AvgIpc) is 3.16. The van der Waals surface area contributed by atoms with E-state index in [1.165, 1.54) is 0 Å². The maximum Gasteiger partial charge on any atom is 0.181 e. The van der Waals surface area contributed by atoms with Crippen LogP contribution in [0.25, 0.3) is 39.1 Å². The van der Waals surface area contributed by atoms with Crippen molar-refractivity contribution in [3.05, 3.63) is 60.9 Å². The van der Waals surface area contributed by atoms with Crippen LogP contribution in [-0.2, 0) is 0 Å². The summed E-state index contributed by atoms with van der Waals surface area (Å²) < 4.78 is 5.50. The maximum atomic E-state index is 6.07. The van der Waals surface area contributed by atoms with Gasteiger partial charge in [0, 0.05) is 59.8 Å². The van der Waals surface area contributed by atoms with Gasteiger partial charge < -0.3 is 15.4 Å². The number of benzene rings is 1. The number of H-pyrrole nitrogens is 1. The molecule has 7 nitrogen and oxygen atoms in total. The fourth-order valence-corrected chi connectivity index (χ4v) is 3.22. The van der Waals surface area contributed by atoms with E-state index in [0.29, 0.717) is 11.5 Å². The Hall–Kier alpha value is -3.87. The molecule has 0 atom stereocenters. The van der Waals surface area contributed by atoms with Crippen LogP contribution in [0.15, 0.2) is 55.4 Å². The molecule has 0 bridgehead atoms. The topological polar surface area (TPSA) is 92.9 Å². The van der Waals surface area contributed by atoms with Crippen LogP contribution in [0.4, 0.5) is 5.82 Å². The lowest BCUT2D eigenvalue weighted by Crippen LogP contribution is -2.11. The molecule has 3 N–H and O–H groups in total. The molecule has 4 rings (SSSR count). The van der Waals surface area contributed by atoms with E-state index in [4.69, 9.17) is 10.5 Å². The predicted octanol–water partition coefficient (Wildman–Crippen LogP) is 3.81. The van der Waals surface area contributed by atoms with Gasteiger partial charge in [-0.05, 0) is 24.3 Å². The molecule has 0 fully saturated rings. The summed E-state index contributed by atoms with van der Waals surface area (Å²) in [6, 6.07) is 11.8.